The number of nitrogens with two attached hydrogens (primary N) is 2. The summed E-state index contributed by atoms with van der Waals surface area (Å²) in [5.74, 6) is -2.59. The number of carbonyl (C=O) groups is 3. The molecule has 0 fully saturated rings. The molecule has 0 saturated heterocycles. The van der Waals surface area contributed by atoms with Gasteiger partial charge in [0.05, 0.1) is 6.04 Å². The van der Waals surface area contributed by atoms with E-state index in [-0.39, 0.29) is 25.0 Å². The summed E-state index contributed by atoms with van der Waals surface area (Å²) in [5.41, 5.74) is 9.99. The lowest BCUT2D eigenvalue weighted by Crippen LogP contribution is -2.45. The molecule has 0 aromatic rings. The van der Waals surface area contributed by atoms with Gasteiger partial charge in [-0.1, -0.05) is 13.8 Å². The molecule has 0 aliphatic heterocycles. The fourth-order valence-corrected chi connectivity index (χ4v) is 1.65. The normalized spacial score (nSPS) is 14.9. The molecule has 0 radical (unpaired) electrons. The predicted octanol–water partition coefficient (Wildman–Crippen LogP) is -0.424. The van der Waals surface area contributed by atoms with Gasteiger partial charge in [-0.3, -0.25) is 14.4 Å². The second kappa shape index (κ2) is 6.46. The van der Waals surface area contributed by atoms with Gasteiger partial charge >= 0.3 is 11.9 Å². The highest BCUT2D eigenvalue weighted by atomic mass is 16.4. The van der Waals surface area contributed by atoms with Crippen molar-refractivity contribution >= 4 is 17.7 Å². The molecular weight excluding hydrogens is 240 g/mol. The third-order valence-electron chi connectivity index (χ3n) is 2.72. The molecule has 2 atom stereocenters. The van der Waals surface area contributed by atoms with Crippen LogP contribution in [0.25, 0.3) is 0 Å². The number of ketones is 1. The van der Waals surface area contributed by atoms with Crippen LogP contribution in [0, 0.1) is 5.41 Å². The summed E-state index contributed by atoms with van der Waals surface area (Å²) in [6.45, 7) is 3.11. The Kier molecular flexibility index (Phi) is 5.93. The number of aliphatic carboxylic acids is 2. The summed E-state index contributed by atoms with van der Waals surface area (Å²) >= 11 is 0. The van der Waals surface area contributed by atoms with E-state index in [4.69, 9.17) is 21.7 Å². The van der Waals surface area contributed by atoms with Crippen molar-refractivity contribution in [3.63, 3.8) is 0 Å². The van der Waals surface area contributed by atoms with E-state index in [1.54, 1.807) is 13.8 Å². The minimum atomic E-state index is -1.19. The first kappa shape index (κ1) is 16.5. The van der Waals surface area contributed by atoms with Crippen LogP contribution in [0.1, 0.15) is 33.1 Å². The van der Waals surface area contributed by atoms with Crippen molar-refractivity contribution in [2.45, 2.75) is 45.2 Å². The Bertz CT molecular complexity index is 340. The predicted molar refractivity (Wildman–Crippen MR) is 63.9 cm³/mol. The molecule has 6 N–H and O–H groups in total. The fraction of sp³-hybridized carbons (Fsp3) is 0.727. The quantitative estimate of drug-likeness (QED) is 0.463. The van der Waals surface area contributed by atoms with E-state index >= 15 is 0 Å². The van der Waals surface area contributed by atoms with E-state index in [1.807, 2.05) is 0 Å². The van der Waals surface area contributed by atoms with Crippen molar-refractivity contribution in [3.8, 4) is 0 Å². The molecule has 0 spiro atoms. The average molecular weight is 260 g/mol. The molecule has 0 amide bonds. The van der Waals surface area contributed by atoms with E-state index in [9.17, 15) is 14.4 Å². The van der Waals surface area contributed by atoms with Gasteiger partial charge in [0.25, 0.3) is 0 Å². The van der Waals surface area contributed by atoms with E-state index in [2.05, 4.69) is 0 Å². The summed E-state index contributed by atoms with van der Waals surface area (Å²) in [7, 11) is 0. The van der Waals surface area contributed by atoms with Gasteiger partial charge in [0.2, 0.25) is 0 Å². The minimum absolute atomic E-state index is 0.0277. The molecule has 7 nitrogen and oxygen atoms in total. The number of hydrogen-bond acceptors (Lipinski definition) is 5. The number of carbonyl (C=O) groups excluding carboxylic acids is 1. The number of Topliss-reactive ketones (excluding diaryl/α,β-unsaturated/α-hetero) is 1. The summed E-state index contributed by atoms with van der Waals surface area (Å²) in [5, 5.41) is 17.2. The van der Waals surface area contributed by atoms with Crippen LogP contribution < -0.4 is 11.5 Å². The Labute approximate surface area is 105 Å². The lowest BCUT2D eigenvalue weighted by atomic mass is 9.78. The Morgan fingerprint density at radius 3 is 2.00 bits per heavy atom. The molecule has 0 aliphatic carbocycles. The molecule has 0 aliphatic rings. The third-order valence-corrected chi connectivity index (χ3v) is 2.72. The van der Waals surface area contributed by atoms with Crippen LogP contribution in [0.4, 0.5) is 0 Å². The summed E-state index contributed by atoms with van der Waals surface area (Å²) < 4.78 is 0. The number of carboxylic acids is 2. The van der Waals surface area contributed by atoms with E-state index in [0.29, 0.717) is 0 Å². The zero-order chi connectivity index (χ0) is 14.5. The molecular formula is C11H20N2O5. The smallest absolute Gasteiger partial charge is 0.320 e. The zero-order valence-corrected chi connectivity index (χ0v) is 10.5. The van der Waals surface area contributed by atoms with Crippen molar-refractivity contribution in [3.05, 3.63) is 0 Å². The van der Waals surface area contributed by atoms with Gasteiger partial charge in [-0.05, 0) is 12.8 Å². The van der Waals surface area contributed by atoms with Crippen molar-refractivity contribution in [2.75, 3.05) is 0 Å². The van der Waals surface area contributed by atoms with E-state index < -0.39 is 29.4 Å². The van der Waals surface area contributed by atoms with Crippen LogP contribution in [0.2, 0.25) is 0 Å². The first-order chi connectivity index (χ1) is 8.08. The molecule has 0 saturated carbocycles. The average Bonchev–Trinajstić information content (AvgIpc) is 2.23. The van der Waals surface area contributed by atoms with Crippen molar-refractivity contribution < 1.29 is 24.6 Å². The molecule has 0 aromatic carbocycles. The summed E-state index contributed by atoms with van der Waals surface area (Å²) in [6.07, 6.45) is -0.212. The lowest BCUT2D eigenvalue weighted by molar-refractivity contribution is -0.140. The van der Waals surface area contributed by atoms with Gasteiger partial charge in [0, 0.05) is 11.8 Å². The minimum Gasteiger partial charge on any atom is -0.481 e. The molecule has 18 heavy (non-hydrogen) atoms. The van der Waals surface area contributed by atoms with Gasteiger partial charge in [-0.25, -0.2) is 0 Å². The molecule has 0 aromatic heterocycles. The molecule has 0 unspecified atom stereocenters. The first-order valence-electron chi connectivity index (χ1n) is 5.58. The highest BCUT2D eigenvalue weighted by Crippen LogP contribution is 2.25. The monoisotopic (exact) mass is 260 g/mol. The van der Waals surface area contributed by atoms with Gasteiger partial charge in [-0.15, -0.1) is 0 Å². The van der Waals surface area contributed by atoms with Crippen LogP contribution in [0.15, 0.2) is 0 Å². The topological polar surface area (TPSA) is 144 Å². The lowest BCUT2D eigenvalue weighted by Gasteiger charge is -2.27. The van der Waals surface area contributed by atoms with Gasteiger partial charge in [0.1, 0.15) is 6.04 Å². The molecule has 7 heteroatoms. The molecule has 0 bridgehead atoms. The van der Waals surface area contributed by atoms with Gasteiger partial charge in [0.15, 0.2) is 5.78 Å². The Morgan fingerprint density at radius 1 is 1.11 bits per heavy atom. The SMILES string of the molecule is CC(C)(C[C@H](N)C(=O)O)C(=O)[C@@H](N)CCC(=O)O. The van der Waals surface area contributed by atoms with Crippen LogP contribution in [0.5, 0.6) is 0 Å². The number of carboxylic acid groups (broad SMARTS) is 2. The fourth-order valence-electron chi connectivity index (χ4n) is 1.65. The maximum atomic E-state index is 12.0. The van der Waals surface area contributed by atoms with Crippen LogP contribution >= 0.6 is 0 Å². The maximum Gasteiger partial charge on any atom is 0.320 e. The number of rotatable bonds is 8. The number of hydrogen-bond donors (Lipinski definition) is 4. The molecule has 104 valence electrons. The van der Waals surface area contributed by atoms with E-state index in [0.717, 1.165) is 0 Å². The van der Waals surface area contributed by atoms with Crippen molar-refractivity contribution in [1.29, 1.82) is 0 Å². The second-order valence-electron chi connectivity index (χ2n) is 4.94. The van der Waals surface area contributed by atoms with Crippen LogP contribution in [0.3, 0.4) is 0 Å². The highest BCUT2D eigenvalue weighted by Gasteiger charge is 2.35. The van der Waals surface area contributed by atoms with Gasteiger partial charge < -0.3 is 21.7 Å². The van der Waals surface area contributed by atoms with Crippen molar-refractivity contribution in [2.24, 2.45) is 16.9 Å². The Morgan fingerprint density at radius 2 is 1.61 bits per heavy atom. The zero-order valence-electron chi connectivity index (χ0n) is 10.5. The van der Waals surface area contributed by atoms with E-state index in [1.165, 1.54) is 0 Å². The molecule has 0 rings (SSSR count). The Hall–Kier alpha value is -1.47. The summed E-state index contributed by atoms with van der Waals surface area (Å²) in [4.78, 5) is 33.0. The molecule has 0 heterocycles. The first-order valence-corrected chi connectivity index (χ1v) is 5.58. The van der Waals surface area contributed by atoms with Crippen molar-refractivity contribution in [1.82, 2.24) is 0 Å². The van der Waals surface area contributed by atoms with Gasteiger partial charge in [-0.2, -0.15) is 0 Å². The summed E-state index contributed by atoms with van der Waals surface area (Å²) in [6, 6.07) is -2.06. The highest BCUT2D eigenvalue weighted by molar-refractivity contribution is 5.90. The Balaban J connectivity index is 4.54. The maximum absolute atomic E-state index is 12.0. The van der Waals surface area contributed by atoms with Crippen LogP contribution in [-0.2, 0) is 14.4 Å². The second-order valence-corrected chi connectivity index (χ2v) is 4.94. The standard InChI is InChI=1S/C11H20N2O5/c1-11(2,5-7(13)10(17)18)9(16)6(12)3-4-8(14)15/h6-7H,3-5,12-13H2,1-2H3,(H,14,15)(H,17,18)/t6-,7-/m0/s1. The third kappa shape index (κ3) is 5.24. The van der Waals surface area contributed by atoms with Crippen LogP contribution in [-0.4, -0.2) is 40.0 Å². The largest absolute Gasteiger partial charge is 0.481 e.